The molecule has 3 aromatic rings. The van der Waals surface area contributed by atoms with Crippen molar-refractivity contribution < 1.29 is 4.42 Å². The summed E-state index contributed by atoms with van der Waals surface area (Å²) in [6.45, 7) is 3.01. The van der Waals surface area contributed by atoms with Crippen molar-refractivity contribution in [1.82, 2.24) is 9.78 Å². The Morgan fingerprint density at radius 2 is 2.05 bits per heavy atom. The second-order valence-corrected chi connectivity index (χ2v) is 4.72. The van der Waals surface area contributed by atoms with Gasteiger partial charge in [-0.1, -0.05) is 31.9 Å². The van der Waals surface area contributed by atoms with Crippen LogP contribution >= 0.6 is 0 Å². The normalized spacial score (nSPS) is 11.4. The van der Waals surface area contributed by atoms with Crippen LogP contribution in [0.2, 0.25) is 0 Å². The summed E-state index contributed by atoms with van der Waals surface area (Å²) in [5.41, 5.74) is 1.20. The van der Waals surface area contributed by atoms with E-state index in [0.29, 0.717) is 11.0 Å². The van der Waals surface area contributed by atoms with Gasteiger partial charge in [0.15, 0.2) is 0 Å². The summed E-state index contributed by atoms with van der Waals surface area (Å²) >= 11 is 0. The van der Waals surface area contributed by atoms with Crippen LogP contribution in [0.25, 0.3) is 21.9 Å². The first kappa shape index (κ1) is 12.0. The standard InChI is InChI=1S/C15H16N2O2/c1-2-3-6-9-17-14-11-7-4-5-8-13(11)19-15(18)12(14)10-16-17/h4-5,7-8,10H,2-3,6,9H2,1H3. The third-order valence-corrected chi connectivity index (χ3v) is 3.38. The molecule has 0 aliphatic rings. The van der Waals surface area contributed by atoms with Crippen molar-refractivity contribution in [2.24, 2.45) is 0 Å². The van der Waals surface area contributed by atoms with E-state index in [1.165, 1.54) is 12.8 Å². The number of nitrogens with zero attached hydrogens (tertiary/aromatic N) is 2. The summed E-state index contributed by atoms with van der Waals surface area (Å²) in [4.78, 5) is 11.9. The van der Waals surface area contributed by atoms with Crippen molar-refractivity contribution in [2.45, 2.75) is 32.7 Å². The topological polar surface area (TPSA) is 48.0 Å². The van der Waals surface area contributed by atoms with E-state index >= 15 is 0 Å². The molecule has 19 heavy (non-hydrogen) atoms. The van der Waals surface area contributed by atoms with E-state index in [1.54, 1.807) is 6.20 Å². The van der Waals surface area contributed by atoms with Crippen LogP contribution in [0.15, 0.2) is 39.7 Å². The molecule has 0 bridgehead atoms. The zero-order chi connectivity index (χ0) is 13.2. The van der Waals surface area contributed by atoms with E-state index in [1.807, 2.05) is 28.9 Å². The predicted octanol–water partition coefficient (Wildman–Crippen LogP) is 3.33. The minimum absolute atomic E-state index is 0.310. The average Bonchev–Trinajstić information content (AvgIpc) is 2.84. The lowest BCUT2D eigenvalue weighted by Gasteiger charge is -2.04. The summed E-state index contributed by atoms with van der Waals surface area (Å²) in [7, 11) is 0. The molecule has 0 amide bonds. The highest BCUT2D eigenvalue weighted by Gasteiger charge is 2.12. The molecule has 0 atom stereocenters. The molecule has 2 heterocycles. The second kappa shape index (κ2) is 4.88. The van der Waals surface area contributed by atoms with Crippen LogP contribution in [0.5, 0.6) is 0 Å². The van der Waals surface area contributed by atoms with Crippen LogP contribution < -0.4 is 5.63 Å². The van der Waals surface area contributed by atoms with E-state index in [4.69, 9.17) is 4.42 Å². The third-order valence-electron chi connectivity index (χ3n) is 3.38. The molecule has 0 aliphatic carbocycles. The Morgan fingerprint density at radius 1 is 1.21 bits per heavy atom. The lowest BCUT2D eigenvalue weighted by molar-refractivity contribution is 0.562. The fourth-order valence-corrected chi connectivity index (χ4v) is 2.41. The van der Waals surface area contributed by atoms with Gasteiger partial charge in [0, 0.05) is 11.9 Å². The quantitative estimate of drug-likeness (QED) is 0.531. The fraction of sp³-hybridized carbons (Fsp3) is 0.333. The Morgan fingerprint density at radius 3 is 2.89 bits per heavy atom. The van der Waals surface area contributed by atoms with E-state index in [9.17, 15) is 4.79 Å². The van der Waals surface area contributed by atoms with Gasteiger partial charge in [-0.2, -0.15) is 5.10 Å². The van der Waals surface area contributed by atoms with Crippen molar-refractivity contribution in [2.75, 3.05) is 0 Å². The van der Waals surface area contributed by atoms with Crippen molar-refractivity contribution in [3.05, 3.63) is 40.9 Å². The van der Waals surface area contributed by atoms with Gasteiger partial charge in [-0.15, -0.1) is 0 Å². The number of rotatable bonds is 4. The molecule has 4 nitrogen and oxygen atoms in total. The van der Waals surface area contributed by atoms with Gasteiger partial charge in [-0.05, 0) is 18.6 Å². The number of para-hydroxylation sites is 1. The van der Waals surface area contributed by atoms with Crippen LogP contribution in [0.4, 0.5) is 0 Å². The van der Waals surface area contributed by atoms with E-state index in [0.717, 1.165) is 23.9 Å². The Kier molecular flexibility index (Phi) is 3.07. The summed E-state index contributed by atoms with van der Waals surface area (Å²) in [6.07, 6.45) is 5.02. The highest BCUT2D eigenvalue weighted by atomic mass is 16.4. The van der Waals surface area contributed by atoms with Crippen LogP contribution in [0.1, 0.15) is 26.2 Å². The van der Waals surface area contributed by atoms with Crippen molar-refractivity contribution in [1.29, 1.82) is 0 Å². The highest BCUT2D eigenvalue weighted by molar-refractivity contribution is 6.01. The number of hydrogen-bond acceptors (Lipinski definition) is 3. The molecule has 2 aromatic heterocycles. The first-order valence-electron chi connectivity index (χ1n) is 6.68. The van der Waals surface area contributed by atoms with Gasteiger partial charge in [0.25, 0.3) is 0 Å². The highest BCUT2D eigenvalue weighted by Crippen LogP contribution is 2.22. The maximum Gasteiger partial charge on any atom is 0.347 e. The van der Waals surface area contributed by atoms with Crippen molar-refractivity contribution in [3.8, 4) is 0 Å². The molecule has 4 heteroatoms. The maximum atomic E-state index is 11.9. The van der Waals surface area contributed by atoms with Crippen LogP contribution in [-0.2, 0) is 6.54 Å². The molecule has 0 saturated heterocycles. The molecule has 98 valence electrons. The molecule has 0 fully saturated rings. The molecule has 0 spiro atoms. The maximum absolute atomic E-state index is 11.9. The van der Waals surface area contributed by atoms with Gasteiger partial charge >= 0.3 is 5.63 Å². The fourth-order valence-electron chi connectivity index (χ4n) is 2.41. The molecule has 0 radical (unpaired) electrons. The van der Waals surface area contributed by atoms with E-state index < -0.39 is 0 Å². The second-order valence-electron chi connectivity index (χ2n) is 4.72. The Hall–Kier alpha value is -2.10. The van der Waals surface area contributed by atoms with Gasteiger partial charge in [-0.25, -0.2) is 4.79 Å². The minimum atomic E-state index is -0.310. The lowest BCUT2D eigenvalue weighted by atomic mass is 10.2. The number of aromatic nitrogens is 2. The number of fused-ring (bicyclic) bond motifs is 3. The largest absolute Gasteiger partial charge is 0.422 e. The third kappa shape index (κ3) is 2.03. The van der Waals surface area contributed by atoms with Gasteiger partial charge in [0.05, 0.1) is 11.7 Å². The summed E-state index contributed by atoms with van der Waals surface area (Å²) in [6, 6.07) is 7.61. The first-order chi connectivity index (χ1) is 9.31. The summed E-state index contributed by atoms with van der Waals surface area (Å²) < 4.78 is 7.23. The zero-order valence-corrected chi connectivity index (χ0v) is 10.9. The zero-order valence-electron chi connectivity index (χ0n) is 10.9. The molecular formula is C15H16N2O2. The minimum Gasteiger partial charge on any atom is -0.422 e. The molecule has 1 aromatic carbocycles. The van der Waals surface area contributed by atoms with Gasteiger partial charge < -0.3 is 4.42 Å². The predicted molar refractivity (Wildman–Crippen MR) is 75.3 cm³/mol. The Labute approximate surface area is 110 Å². The number of hydrogen-bond donors (Lipinski definition) is 0. The molecule has 3 rings (SSSR count). The first-order valence-corrected chi connectivity index (χ1v) is 6.68. The SMILES string of the molecule is CCCCCn1ncc2c(=O)oc3ccccc3c21. The van der Waals surface area contributed by atoms with E-state index in [2.05, 4.69) is 12.0 Å². The molecular weight excluding hydrogens is 240 g/mol. The lowest BCUT2D eigenvalue weighted by Crippen LogP contribution is -2.03. The smallest absolute Gasteiger partial charge is 0.347 e. The Bertz CT molecular complexity index is 771. The molecule has 0 unspecified atom stereocenters. The average molecular weight is 256 g/mol. The van der Waals surface area contributed by atoms with Crippen molar-refractivity contribution >= 4 is 21.9 Å². The van der Waals surface area contributed by atoms with Gasteiger partial charge in [0.1, 0.15) is 11.0 Å². The van der Waals surface area contributed by atoms with Gasteiger partial charge in [0.2, 0.25) is 0 Å². The summed E-state index contributed by atoms with van der Waals surface area (Å²) in [5, 5.41) is 5.85. The molecule has 0 saturated carbocycles. The summed E-state index contributed by atoms with van der Waals surface area (Å²) in [5.74, 6) is 0. The molecule has 0 aliphatic heterocycles. The number of benzene rings is 1. The monoisotopic (exact) mass is 256 g/mol. The Balaban J connectivity index is 2.21. The van der Waals surface area contributed by atoms with Crippen LogP contribution in [0.3, 0.4) is 0 Å². The van der Waals surface area contributed by atoms with Gasteiger partial charge in [-0.3, -0.25) is 4.68 Å². The number of aryl methyl sites for hydroxylation is 1. The van der Waals surface area contributed by atoms with Crippen LogP contribution in [0, 0.1) is 0 Å². The van der Waals surface area contributed by atoms with Crippen LogP contribution in [-0.4, -0.2) is 9.78 Å². The van der Waals surface area contributed by atoms with Crippen molar-refractivity contribution in [3.63, 3.8) is 0 Å². The number of unbranched alkanes of at least 4 members (excludes halogenated alkanes) is 2. The van der Waals surface area contributed by atoms with E-state index in [-0.39, 0.29) is 5.63 Å². The molecule has 0 N–H and O–H groups in total.